The van der Waals surface area contributed by atoms with Crippen LogP contribution in [0.1, 0.15) is 53.6 Å². The summed E-state index contributed by atoms with van der Waals surface area (Å²) in [5.74, 6) is 3.27. The molecule has 4 unspecified atom stereocenters. The number of hydrogen-bond donors (Lipinski definition) is 1. The van der Waals surface area contributed by atoms with Crippen LogP contribution < -0.4 is 14.8 Å². The van der Waals surface area contributed by atoms with Crippen molar-refractivity contribution in [3.63, 3.8) is 0 Å². The molecular weight excluding hydrogens is 539 g/mol. The lowest BCUT2D eigenvalue weighted by Gasteiger charge is -2.59. The summed E-state index contributed by atoms with van der Waals surface area (Å²) in [6.07, 6.45) is 7.08. The van der Waals surface area contributed by atoms with E-state index in [-0.39, 0.29) is 23.5 Å². The van der Waals surface area contributed by atoms with Crippen molar-refractivity contribution < 1.29 is 14.3 Å². The first-order valence-corrected chi connectivity index (χ1v) is 13.8. The number of halogens is 1. The van der Waals surface area contributed by atoms with Crippen LogP contribution in [0.4, 0.5) is 0 Å². The summed E-state index contributed by atoms with van der Waals surface area (Å²) in [5.41, 5.74) is 3.53. The Morgan fingerprint density at radius 1 is 1.24 bits per heavy atom. The SMILES string of the molecule is COc1ccc2c3c1OC1[C@H](NC(=O)c4cccc(I)c4)CCC4C(C2)N(CC2CC2)CCC341. The maximum atomic E-state index is 13.3. The number of nitrogens with one attached hydrogen (secondary N) is 1. The van der Waals surface area contributed by atoms with Crippen LogP contribution in [0.25, 0.3) is 0 Å². The fraction of sp³-hybridized carbons (Fsp3) is 0.536. The number of piperidine rings is 1. The van der Waals surface area contributed by atoms with Gasteiger partial charge in [-0.05, 0) is 109 Å². The van der Waals surface area contributed by atoms with Gasteiger partial charge in [0, 0.05) is 32.7 Å². The van der Waals surface area contributed by atoms with E-state index in [1.54, 1.807) is 7.11 Å². The predicted octanol–water partition coefficient (Wildman–Crippen LogP) is 4.55. The first kappa shape index (κ1) is 21.5. The molecule has 5 atom stereocenters. The van der Waals surface area contributed by atoms with Crippen molar-refractivity contribution in [3.05, 3.63) is 56.7 Å². The van der Waals surface area contributed by atoms with E-state index >= 15 is 0 Å². The number of ether oxygens (including phenoxy) is 2. The third-order valence-electron chi connectivity index (χ3n) is 9.23. The van der Waals surface area contributed by atoms with Crippen LogP contribution in [0.5, 0.6) is 11.5 Å². The molecule has 34 heavy (non-hydrogen) atoms. The van der Waals surface area contributed by atoms with Crippen LogP contribution in [0.15, 0.2) is 36.4 Å². The minimum absolute atomic E-state index is 0.000283. The summed E-state index contributed by atoms with van der Waals surface area (Å²) in [4.78, 5) is 16.1. The van der Waals surface area contributed by atoms with Crippen molar-refractivity contribution in [1.29, 1.82) is 0 Å². The molecule has 0 aromatic heterocycles. The molecule has 3 fully saturated rings. The molecule has 178 valence electrons. The van der Waals surface area contributed by atoms with Crippen LogP contribution in [-0.2, 0) is 11.8 Å². The highest BCUT2D eigenvalue weighted by Gasteiger charge is 2.66. The molecule has 6 heteroatoms. The Balaban J connectivity index is 1.27. The number of amides is 1. The molecule has 1 spiro atoms. The molecule has 7 rings (SSSR count). The van der Waals surface area contributed by atoms with Crippen LogP contribution >= 0.6 is 22.6 Å². The number of carbonyl (C=O) groups is 1. The summed E-state index contributed by atoms with van der Waals surface area (Å²) in [7, 11) is 1.73. The average molecular weight is 570 g/mol. The second kappa shape index (κ2) is 7.85. The predicted molar refractivity (Wildman–Crippen MR) is 139 cm³/mol. The summed E-state index contributed by atoms with van der Waals surface area (Å²) in [5, 5.41) is 3.40. The fourth-order valence-corrected chi connectivity index (χ4v) is 8.21. The summed E-state index contributed by atoms with van der Waals surface area (Å²) in [6, 6.07) is 12.8. The smallest absolute Gasteiger partial charge is 0.251 e. The van der Waals surface area contributed by atoms with E-state index in [0.717, 1.165) is 58.8 Å². The van der Waals surface area contributed by atoms with Crippen molar-refractivity contribution in [2.45, 2.75) is 62.1 Å². The Kier molecular flexibility index (Phi) is 4.96. The molecule has 5 nitrogen and oxygen atoms in total. The van der Waals surface area contributed by atoms with Crippen molar-refractivity contribution >= 4 is 28.5 Å². The highest BCUT2D eigenvalue weighted by Crippen LogP contribution is 2.64. The minimum atomic E-state index is -0.0334. The number of carbonyl (C=O) groups excluding carboxylic acids is 1. The van der Waals surface area contributed by atoms with Gasteiger partial charge in [0.15, 0.2) is 11.5 Å². The maximum Gasteiger partial charge on any atom is 0.251 e. The number of methoxy groups -OCH3 is 1. The lowest BCUT2D eigenvalue weighted by atomic mass is 9.51. The zero-order chi connectivity index (χ0) is 23.0. The lowest BCUT2D eigenvalue weighted by molar-refractivity contribution is -0.0647. The van der Waals surface area contributed by atoms with Crippen LogP contribution in [0.2, 0.25) is 0 Å². The van der Waals surface area contributed by atoms with E-state index in [4.69, 9.17) is 9.47 Å². The molecule has 3 aliphatic carbocycles. The normalized spacial score (nSPS) is 33.1. The third kappa shape index (κ3) is 3.10. The van der Waals surface area contributed by atoms with Crippen LogP contribution in [0, 0.1) is 15.4 Å². The first-order chi connectivity index (χ1) is 16.6. The van der Waals surface area contributed by atoms with Gasteiger partial charge in [-0.25, -0.2) is 0 Å². The van der Waals surface area contributed by atoms with E-state index in [9.17, 15) is 4.79 Å². The van der Waals surface area contributed by atoms with Crippen molar-refractivity contribution in [3.8, 4) is 11.5 Å². The van der Waals surface area contributed by atoms with E-state index in [1.165, 1.54) is 30.5 Å². The van der Waals surface area contributed by atoms with Gasteiger partial charge in [-0.3, -0.25) is 9.69 Å². The lowest BCUT2D eigenvalue weighted by Crippen LogP contribution is -2.69. The topological polar surface area (TPSA) is 50.8 Å². The van der Waals surface area contributed by atoms with Crippen LogP contribution in [-0.4, -0.2) is 49.2 Å². The average Bonchev–Trinajstić information content (AvgIpc) is 3.59. The summed E-state index contributed by atoms with van der Waals surface area (Å²) < 4.78 is 13.7. The highest BCUT2D eigenvalue weighted by atomic mass is 127. The Hall–Kier alpha value is -1.80. The van der Waals surface area contributed by atoms with Crippen molar-refractivity contribution in [2.24, 2.45) is 11.8 Å². The quantitative estimate of drug-likeness (QED) is 0.537. The third-order valence-corrected chi connectivity index (χ3v) is 9.90. The highest BCUT2D eigenvalue weighted by molar-refractivity contribution is 14.1. The van der Waals surface area contributed by atoms with Gasteiger partial charge in [0.1, 0.15) is 6.10 Å². The summed E-state index contributed by atoms with van der Waals surface area (Å²) in [6.45, 7) is 2.39. The number of nitrogens with zero attached hydrogens (tertiary/aromatic N) is 1. The zero-order valence-electron chi connectivity index (χ0n) is 19.6. The first-order valence-electron chi connectivity index (χ1n) is 12.8. The largest absolute Gasteiger partial charge is 0.493 e. The van der Waals surface area contributed by atoms with Crippen molar-refractivity contribution in [2.75, 3.05) is 20.2 Å². The van der Waals surface area contributed by atoms with Gasteiger partial charge >= 0.3 is 0 Å². The monoisotopic (exact) mass is 570 g/mol. The molecule has 2 aromatic rings. The second-order valence-electron chi connectivity index (χ2n) is 10.9. The van der Waals surface area contributed by atoms with Gasteiger partial charge in [0.25, 0.3) is 5.91 Å². The molecule has 2 aromatic carbocycles. The maximum absolute atomic E-state index is 13.3. The van der Waals surface area contributed by atoms with E-state index in [2.05, 4.69) is 44.9 Å². The van der Waals surface area contributed by atoms with Gasteiger partial charge < -0.3 is 14.8 Å². The second-order valence-corrected chi connectivity index (χ2v) is 12.2. The molecule has 1 N–H and O–H groups in total. The van der Waals surface area contributed by atoms with Gasteiger partial charge in [-0.2, -0.15) is 0 Å². The molecule has 1 amide bonds. The molecule has 2 bridgehead atoms. The minimum Gasteiger partial charge on any atom is -0.493 e. The standard InChI is InChI=1S/C28H31IN2O3/c1-33-23-10-7-17-14-22-20-8-9-21(30-27(32)18-3-2-4-19(29)13-18)26-28(20,24(17)25(23)34-26)11-12-31(22)15-16-5-6-16/h2-4,7,10,13,16,20-22,26H,5-6,8-9,11-12,14-15H2,1H3,(H,30,32)/t20?,21-,22?,26?,28?/m1/s1. The molecule has 0 radical (unpaired) electrons. The van der Waals surface area contributed by atoms with E-state index in [1.807, 2.05) is 24.3 Å². The fourth-order valence-electron chi connectivity index (χ4n) is 7.66. The molecule has 5 aliphatic rings. The molecular formula is C28H31IN2O3. The Labute approximate surface area is 214 Å². The number of likely N-dealkylation sites (tertiary alicyclic amines) is 1. The number of rotatable bonds is 5. The summed E-state index contributed by atoms with van der Waals surface area (Å²) >= 11 is 2.27. The van der Waals surface area contributed by atoms with Gasteiger partial charge in [0.2, 0.25) is 0 Å². The van der Waals surface area contributed by atoms with Gasteiger partial charge in [-0.1, -0.05) is 12.1 Å². The number of benzene rings is 2. The van der Waals surface area contributed by atoms with Gasteiger partial charge in [-0.15, -0.1) is 0 Å². The molecule has 2 heterocycles. The molecule has 2 aliphatic heterocycles. The number of hydrogen-bond acceptors (Lipinski definition) is 4. The Morgan fingerprint density at radius 3 is 2.91 bits per heavy atom. The molecule has 1 saturated heterocycles. The van der Waals surface area contributed by atoms with Gasteiger partial charge in [0.05, 0.1) is 13.2 Å². The molecule has 2 saturated carbocycles. The van der Waals surface area contributed by atoms with Crippen molar-refractivity contribution in [1.82, 2.24) is 10.2 Å². The Bertz CT molecular complexity index is 1160. The zero-order valence-corrected chi connectivity index (χ0v) is 21.7. The van der Waals surface area contributed by atoms with Crippen LogP contribution in [0.3, 0.4) is 0 Å². The van der Waals surface area contributed by atoms with E-state index in [0.29, 0.717) is 12.0 Å². The van der Waals surface area contributed by atoms with E-state index < -0.39 is 0 Å². The Morgan fingerprint density at radius 2 is 2.12 bits per heavy atom.